The molecule has 7 heteroatoms. The molecule has 1 aromatic heterocycles. The Hall–Kier alpha value is -4.62. The lowest BCUT2D eigenvalue weighted by atomic mass is 10.1. The number of hydrogen-bond acceptors (Lipinski definition) is 6. The van der Waals surface area contributed by atoms with Gasteiger partial charge < -0.3 is 18.6 Å². The Morgan fingerprint density at radius 2 is 1.74 bits per heavy atom. The van der Waals surface area contributed by atoms with E-state index in [0.29, 0.717) is 40.4 Å². The molecule has 6 rings (SSSR count). The summed E-state index contributed by atoms with van der Waals surface area (Å²) in [6, 6.07) is 27.0. The van der Waals surface area contributed by atoms with E-state index < -0.39 is 5.97 Å². The zero-order chi connectivity index (χ0) is 26.9. The molecule has 39 heavy (non-hydrogen) atoms. The summed E-state index contributed by atoms with van der Waals surface area (Å²) in [5.41, 5.74) is 2.78. The third kappa shape index (κ3) is 4.84. The maximum atomic E-state index is 13.6. The van der Waals surface area contributed by atoms with Gasteiger partial charge in [-0.05, 0) is 61.0 Å². The van der Waals surface area contributed by atoms with E-state index in [1.165, 1.54) is 0 Å². The van der Waals surface area contributed by atoms with Crippen LogP contribution in [-0.4, -0.2) is 18.4 Å². The van der Waals surface area contributed by atoms with Gasteiger partial charge in [-0.1, -0.05) is 58.4 Å². The standard InChI is InChI=1S/C32H21BrO6/c1-2-36-22-12-14-26-25(17-22)29(31(39-26)20-8-4-3-5-9-20)32(35)37-23-11-13-24-27(18-23)38-28(30(24)34)16-19-7-6-10-21(33)15-19/h3-18H,2H2,1H3/b28-16-. The molecule has 0 saturated heterocycles. The van der Waals surface area contributed by atoms with Gasteiger partial charge in [0, 0.05) is 21.5 Å². The van der Waals surface area contributed by atoms with E-state index in [9.17, 15) is 9.59 Å². The van der Waals surface area contributed by atoms with Gasteiger partial charge in [-0.2, -0.15) is 0 Å². The predicted molar refractivity (Wildman–Crippen MR) is 151 cm³/mol. The molecule has 1 aliphatic rings. The summed E-state index contributed by atoms with van der Waals surface area (Å²) in [5, 5.41) is 0.580. The largest absolute Gasteiger partial charge is 0.494 e. The smallest absolute Gasteiger partial charge is 0.348 e. The number of Topliss-reactive ketones (excluding diaryl/α,β-unsaturated/α-hetero) is 1. The van der Waals surface area contributed by atoms with Crippen molar-refractivity contribution < 1.29 is 28.2 Å². The van der Waals surface area contributed by atoms with Gasteiger partial charge in [0.05, 0.1) is 12.2 Å². The quantitative estimate of drug-likeness (QED) is 0.115. The number of ketones is 1. The van der Waals surface area contributed by atoms with E-state index >= 15 is 0 Å². The summed E-state index contributed by atoms with van der Waals surface area (Å²) in [5.74, 6) is 0.941. The predicted octanol–water partition coefficient (Wildman–Crippen LogP) is 8.10. The van der Waals surface area contributed by atoms with Crippen LogP contribution in [0.25, 0.3) is 28.4 Å². The topological polar surface area (TPSA) is 75.0 Å². The molecular formula is C32H21BrO6. The Morgan fingerprint density at radius 1 is 0.923 bits per heavy atom. The Labute approximate surface area is 232 Å². The first-order chi connectivity index (χ1) is 19.0. The zero-order valence-electron chi connectivity index (χ0n) is 20.8. The highest BCUT2D eigenvalue weighted by molar-refractivity contribution is 9.10. The number of allylic oxidation sites excluding steroid dienone is 1. The highest BCUT2D eigenvalue weighted by atomic mass is 79.9. The van der Waals surface area contributed by atoms with Crippen LogP contribution in [0.3, 0.4) is 0 Å². The van der Waals surface area contributed by atoms with Crippen LogP contribution in [0.15, 0.2) is 106 Å². The van der Waals surface area contributed by atoms with E-state index in [0.717, 1.165) is 15.6 Å². The van der Waals surface area contributed by atoms with E-state index in [1.54, 1.807) is 42.5 Å². The van der Waals surface area contributed by atoms with E-state index in [2.05, 4.69) is 15.9 Å². The number of fused-ring (bicyclic) bond motifs is 2. The molecule has 0 spiro atoms. The molecule has 0 fully saturated rings. The minimum atomic E-state index is -0.601. The van der Waals surface area contributed by atoms with Crippen LogP contribution in [0.4, 0.5) is 0 Å². The average molecular weight is 581 g/mol. The fraction of sp³-hybridized carbons (Fsp3) is 0.0625. The normalized spacial score (nSPS) is 13.4. The van der Waals surface area contributed by atoms with Gasteiger partial charge in [-0.15, -0.1) is 0 Å². The van der Waals surface area contributed by atoms with Gasteiger partial charge in [-0.25, -0.2) is 4.79 Å². The van der Waals surface area contributed by atoms with Crippen LogP contribution in [0.5, 0.6) is 17.2 Å². The molecule has 5 aromatic rings. The third-order valence-corrected chi connectivity index (χ3v) is 6.70. The summed E-state index contributed by atoms with van der Waals surface area (Å²) in [6.07, 6.45) is 1.68. The lowest BCUT2D eigenvalue weighted by Crippen LogP contribution is -2.09. The number of rotatable bonds is 6. The zero-order valence-corrected chi connectivity index (χ0v) is 22.4. The number of esters is 1. The number of ether oxygens (including phenoxy) is 3. The van der Waals surface area contributed by atoms with Gasteiger partial charge in [0.2, 0.25) is 5.78 Å². The number of hydrogen-bond donors (Lipinski definition) is 0. The lowest BCUT2D eigenvalue weighted by molar-refractivity contribution is 0.0736. The molecular weight excluding hydrogens is 560 g/mol. The molecule has 0 N–H and O–H groups in total. The van der Waals surface area contributed by atoms with E-state index in [-0.39, 0.29) is 22.9 Å². The molecule has 6 nitrogen and oxygen atoms in total. The van der Waals surface area contributed by atoms with Crippen LogP contribution in [0.2, 0.25) is 0 Å². The second-order valence-corrected chi connectivity index (χ2v) is 9.72. The monoisotopic (exact) mass is 580 g/mol. The van der Waals surface area contributed by atoms with Crippen molar-refractivity contribution in [2.24, 2.45) is 0 Å². The molecule has 192 valence electrons. The fourth-order valence-electron chi connectivity index (χ4n) is 4.47. The van der Waals surface area contributed by atoms with Crippen molar-refractivity contribution in [3.05, 3.63) is 118 Å². The van der Waals surface area contributed by atoms with Crippen molar-refractivity contribution in [3.63, 3.8) is 0 Å². The van der Waals surface area contributed by atoms with Crippen molar-refractivity contribution in [2.45, 2.75) is 6.92 Å². The Balaban J connectivity index is 1.34. The first-order valence-electron chi connectivity index (χ1n) is 12.3. The lowest BCUT2D eigenvalue weighted by Gasteiger charge is -2.07. The van der Waals surface area contributed by atoms with Gasteiger partial charge >= 0.3 is 5.97 Å². The average Bonchev–Trinajstić information content (AvgIpc) is 3.46. The van der Waals surface area contributed by atoms with Crippen molar-refractivity contribution in [1.29, 1.82) is 0 Å². The maximum absolute atomic E-state index is 13.6. The summed E-state index contributed by atoms with van der Waals surface area (Å²) >= 11 is 3.43. The van der Waals surface area contributed by atoms with Crippen LogP contribution < -0.4 is 14.2 Å². The summed E-state index contributed by atoms with van der Waals surface area (Å²) in [7, 11) is 0. The molecule has 2 heterocycles. The van der Waals surface area contributed by atoms with Gasteiger partial charge in [0.15, 0.2) is 5.76 Å². The van der Waals surface area contributed by atoms with Gasteiger partial charge in [-0.3, -0.25) is 4.79 Å². The van der Waals surface area contributed by atoms with Crippen molar-refractivity contribution in [3.8, 4) is 28.6 Å². The van der Waals surface area contributed by atoms with Gasteiger partial charge in [0.1, 0.15) is 34.2 Å². The van der Waals surface area contributed by atoms with Crippen LogP contribution in [-0.2, 0) is 0 Å². The van der Waals surface area contributed by atoms with Crippen molar-refractivity contribution in [2.75, 3.05) is 6.61 Å². The van der Waals surface area contributed by atoms with E-state index in [4.69, 9.17) is 18.6 Å². The third-order valence-electron chi connectivity index (χ3n) is 6.21. The molecule has 0 aliphatic carbocycles. The van der Waals surface area contributed by atoms with Gasteiger partial charge in [0.25, 0.3) is 0 Å². The summed E-state index contributed by atoms with van der Waals surface area (Å²) in [6.45, 7) is 2.38. The number of carbonyl (C=O) groups is 2. The van der Waals surface area contributed by atoms with Crippen LogP contribution in [0, 0.1) is 0 Å². The number of carbonyl (C=O) groups excluding carboxylic acids is 2. The summed E-state index contributed by atoms with van der Waals surface area (Å²) < 4.78 is 24.3. The minimum Gasteiger partial charge on any atom is -0.494 e. The molecule has 0 saturated carbocycles. The van der Waals surface area contributed by atoms with Crippen LogP contribution >= 0.6 is 15.9 Å². The molecule has 0 amide bonds. The minimum absolute atomic E-state index is 0.197. The van der Waals surface area contributed by atoms with Crippen molar-refractivity contribution >= 4 is 44.7 Å². The fourth-order valence-corrected chi connectivity index (χ4v) is 4.88. The first kappa shape index (κ1) is 24.7. The van der Waals surface area contributed by atoms with Crippen molar-refractivity contribution in [1.82, 2.24) is 0 Å². The second-order valence-electron chi connectivity index (χ2n) is 8.81. The molecule has 0 bridgehead atoms. The molecule has 0 radical (unpaired) electrons. The maximum Gasteiger partial charge on any atom is 0.348 e. The SMILES string of the molecule is CCOc1ccc2oc(-c3ccccc3)c(C(=O)Oc3ccc4c(c3)O/C(=C\c3cccc(Br)c3)C4=O)c2c1. The molecule has 0 unspecified atom stereocenters. The number of benzene rings is 4. The molecule has 4 aromatic carbocycles. The number of halogens is 1. The van der Waals surface area contributed by atoms with Crippen LogP contribution in [0.1, 0.15) is 33.2 Å². The Kier molecular flexibility index (Phi) is 6.50. The molecule has 1 aliphatic heterocycles. The van der Waals surface area contributed by atoms with E-state index in [1.807, 2.05) is 61.5 Å². The molecule has 0 atom stereocenters. The Bertz CT molecular complexity index is 1770. The highest BCUT2D eigenvalue weighted by Crippen LogP contribution is 2.38. The number of furan rings is 1. The first-order valence-corrected chi connectivity index (χ1v) is 13.1. The Morgan fingerprint density at radius 3 is 2.54 bits per heavy atom. The highest BCUT2D eigenvalue weighted by Gasteiger charge is 2.29. The second kappa shape index (κ2) is 10.3. The summed E-state index contributed by atoms with van der Waals surface area (Å²) in [4.78, 5) is 26.5.